The second-order valence-corrected chi connectivity index (χ2v) is 7.39. The molecule has 2 heterocycles. The summed E-state index contributed by atoms with van der Waals surface area (Å²) < 4.78 is 15.2. The number of hydrogen-bond donors (Lipinski definition) is 4. The zero-order valence-corrected chi connectivity index (χ0v) is 16.8. The molecule has 4 aromatic rings. The SMILES string of the molecule is C#Cc1cccc(N2C(=O)c3ccccc3C2(O)c2ccc3[nH]c(NC(=O)O)nc3c2)c1F. The van der Waals surface area contributed by atoms with Gasteiger partial charge in [0.1, 0.15) is 0 Å². The molecule has 1 atom stereocenters. The smallest absolute Gasteiger partial charge is 0.411 e. The van der Waals surface area contributed by atoms with Gasteiger partial charge in [-0.25, -0.2) is 14.2 Å². The highest BCUT2D eigenvalue weighted by Crippen LogP contribution is 2.46. The van der Waals surface area contributed by atoms with Crippen LogP contribution in [0.5, 0.6) is 0 Å². The van der Waals surface area contributed by atoms with Gasteiger partial charge in [-0.2, -0.15) is 0 Å². The monoisotopic (exact) mass is 442 g/mol. The average Bonchev–Trinajstić information content (AvgIpc) is 3.30. The minimum atomic E-state index is -2.07. The number of nitrogens with one attached hydrogen (secondary N) is 2. The Labute approximate surface area is 186 Å². The summed E-state index contributed by atoms with van der Waals surface area (Å²) in [5, 5.41) is 23.1. The number of carbonyl (C=O) groups is 2. The van der Waals surface area contributed by atoms with Crippen LogP contribution in [-0.4, -0.2) is 32.2 Å². The molecule has 0 fully saturated rings. The van der Waals surface area contributed by atoms with Crippen molar-refractivity contribution < 1.29 is 24.2 Å². The second-order valence-electron chi connectivity index (χ2n) is 7.39. The van der Waals surface area contributed by atoms with Gasteiger partial charge < -0.3 is 15.2 Å². The van der Waals surface area contributed by atoms with Crippen molar-refractivity contribution in [3.63, 3.8) is 0 Å². The zero-order chi connectivity index (χ0) is 23.3. The predicted molar refractivity (Wildman–Crippen MR) is 118 cm³/mol. The summed E-state index contributed by atoms with van der Waals surface area (Å²) in [6, 6.07) is 15.4. The first kappa shape index (κ1) is 20.2. The third kappa shape index (κ3) is 2.93. The van der Waals surface area contributed by atoms with Gasteiger partial charge in [0.15, 0.2) is 11.5 Å². The summed E-state index contributed by atoms with van der Waals surface area (Å²) in [5.41, 5.74) is -0.771. The maximum absolute atomic E-state index is 15.2. The van der Waals surface area contributed by atoms with Crippen molar-refractivity contribution in [1.82, 2.24) is 9.97 Å². The fraction of sp³-hybridized carbons (Fsp3) is 0.0417. The lowest BCUT2D eigenvalue weighted by molar-refractivity contribution is 0.0699. The Hall–Kier alpha value is -4.68. The van der Waals surface area contributed by atoms with Gasteiger partial charge in [-0.3, -0.25) is 15.0 Å². The van der Waals surface area contributed by atoms with Crippen molar-refractivity contribution >= 4 is 34.7 Å². The van der Waals surface area contributed by atoms with Crippen LogP contribution in [0.25, 0.3) is 11.0 Å². The molecule has 2 amide bonds. The molecule has 0 radical (unpaired) electrons. The van der Waals surface area contributed by atoms with E-state index in [2.05, 4.69) is 21.2 Å². The third-order valence-corrected chi connectivity index (χ3v) is 5.55. The first-order chi connectivity index (χ1) is 15.8. The van der Waals surface area contributed by atoms with Gasteiger partial charge in [-0.05, 0) is 30.3 Å². The standard InChI is InChI=1S/C24H15FN4O4/c1-2-13-6-5-9-19(20(13)25)29-21(30)15-7-3-4-8-16(15)24(29,33)14-10-11-17-18(12-14)27-22(26-17)28-23(31)32/h1,3-12,33H,(H,31,32)(H2,26,27,28). The molecular weight excluding hydrogens is 427 g/mol. The molecule has 1 aromatic heterocycles. The summed E-state index contributed by atoms with van der Waals surface area (Å²) in [6.07, 6.45) is 4.11. The summed E-state index contributed by atoms with van der Waals surface area (Å²) in [7, 11) is 0. The van der Waals surface area contributed by atoms with Crippen LogP contribution in [0.4, 0.5) is 20.8 Å². The fourth-order valence-corrected chi connectivity index (χ4v) is 4.12. The molecule has 4 N–H and O–H groups in total. The van der Waals surface area contributed by atoms with Crippen molar-refractivity contribution in [1.29, 1.82) is 0 Å². The molecule has 33 heavy (non-hydrogen) atoms. The Morgan fingerprint density at radius 3 is 2.73 bits per heavy atom. The molecule has 9 heteroatoms. The number of nitrogens with zero attached hydrogens (tertiary/aromatic N) is 2. The van der Waals surface area contributed by atoms with Crippen LogP contribution < -0.4 is 10.2 Å². The molecule has 0 spiro atoms. The highest BCUT2D eigenvalue weighted by Gasteiger charge is 2.51. The molecule has 0 saturated heterocycles. The van der Waals surface area contributed by atoms with Gasteiger partial charge in [0.25, 0.3) is 5.91 Å². The van der Waals surface area contributed by atoms with Crippen LogP contribution in [0.2, 0.25) is 0 Å². The van der Waals surface area contributed by atoms with E-state index in [1.54, 1.807) is 36.4 Å². The fourth-order valence-electron chi connectivity index (χ4n) is 4.12. The molecule has 1 unspecified atom stereocenters. The molecule has 3 aromatic carbocycles. The lowest BCUT2D eigenvalue weighted by atomic mass is 9.93. The molecule has 0 aliphatic carbocycles. The second kappa shape index (κ2) is 7.19. The number of benzene rings is 3. The van der Waals surface area contributed by atoms with Gasteiger partial charge in [0.05, 0.1) is 22.3 Å². The van der Waals surface area contributed by atoms with E-state index in [4.69, 9.17) is 11.5 Å². The van der Waals surface area contributed by atoms with Gasteiger partial charge in [-0.15, -0.1) is 6.42 Å². The largest absolute Gasteiger partial charge is 0.465 e. The van der Waals surface area contributed by atoms with Gasteiger partial charge in [0.2, 0.25) is 5.95 Å². The van der Waals surface area contributed by atoms with E-state index in [9.17, 15) is 14.7 Å². The lowest BCUT2D eigenvalue weighted by Crippen LogP contribution is -2.45. The van der Waals surface area contributed by atoms with Crippen LogP contribution in [0, 0.1) is 18.2 Å². The minimum Gasteiger partial charge on any atom is -0.465 e. The van der Waals surface area contributed by atoms with Crippen LogP contribution in [-0.2, 0) is 5.72 Å². The first-order valence-electron chi connectivity index (χ1n) is 9.76. The topological polar surface area (TPSA) is 119 Å². The van der Waals surface area contributed by atoms with Crippen molar-refractivity contribution in [2.45, 2.75) is 5.72 Å². The summed E-state index contributed by atoms with van der Waals surface area (Å²) >= 11 is 0. The molecule has 5 rings (SSSR count). The normalized spacial score (nSPS) is 17.1. The first-order valence-corrected chi connectivity index (χ1v) is 9.76. The minimum absolute atomic E-state index is 0.00541. The van der Waals surface area contributed by atoms with E-state index in [-0.39, 0.29) is 33.9 Å². The molecule has 1 aliphatic heterocycles. The number of carbonyl (C=O) groups excluding carboxylic acids is 1. The molecule has 1 aliphatic rings. The number of aromatic nitrogens is 2. The Morgan fingerprint density at radius 2 is 1.97 bits per heavy atom. The van der Waals surface area contributed by atoms with Crippen LogP contribution >= 0.6 is 0 Å². The van der Waals surface area contributed by atoms with E-state index in [0.29, 0.717) is 11.0 Å². The van der Waals surface area contributed by atoms with Gasteiger partial charge in [0, 0.05) is 16.7 Å². The number of imidazole rings is 1. The molecule has 0 bridgehead atoms. The van der Waals surface area contributed by atoms with E-state index >= 15 is 4.39 Å². The number of halogens is 1. The third-order valence-electron chi connectivity index (χ3n) is 5.55. The Morgan fingerprint density at radius 1 is 1.18 bits per heavy atom. The maximum Gasteiger partial charge on any atom is 0.411 e. The van der Waals surface area contributed by atoms with Gasteiger partial charge in [-0.1, -0.05) is 36.3 Å². The van der Waals surface area contributed by atoms with Crippen LogP contribution in [0.15, 0.2) is 60.7 Å². The van der Waals surface area contributed by atoms with E-state index in [1.165, 1.54) is 24.3 Å². The number of aromatic amines is 1. The molecule has 8 nitrogen and oxygen atoms in total. The number of H-pyrrole nitrogens is 1. The number of carboxylic acid groups (broad SMARTS) is 1. The highest BCUT2D eigenvalue weighted by molar-refractivity contribution is 6.12. The summed E-state index contributed by atoms with van der Waals surface area (Å²) in [6.45, 7) is 0. The Kier molecular flexibility index (Phi) is 4.41. The number of amides is 2. The molecular formula is C24H15FN4O4. The van der Waals surface area contributed by atoms with Crippen molar-refractivity contribution in [3.8, 4) is 12.3 Å². The number of anilines is 2. The van der Waals surface area contributed by atoms with Crippen molar-refractivity contribution in [2.24, 2.45) is 0 Å². The summed E-state index contributed by atoms with van der Waals surface area (Å²) in [4.78, 5) is 32.2. The van der Waals surface area contributed by atoms with Crippen molar-refractivity contribution in [2.75, 3.05) is 10.2 Å². The zero-order valence-electron chi connectivity index (χ0n) is 16.8. The maximum atomic E-state index is 15.2. The predicted octanol–water partition coefficient (Wildman–Crippen LogP) is 3.63. The number of rotatable bonds is 3. The van der Waals surface area contributed by atoms with Crippen LogP contribution in [0.3, 0.4) is 0 Å². The van der Waals surface area contributed by atoms with Gasteiger partial charge >= 0.3 is 6.09 Å². The number of hydrogen-bond acceptors (Lipinski definition) is 4. The highest BCUT2D eigenvalue weighted by atomic mass is 19.1. The van der Waals surface area contributed by atoms with E-state index < -0.39 is 23.5 Å². The van der Waals surface area contributed by atoms with E-state index in [1.807, 2.05) is 0 Å². The summed E-state index contributed by atoms with van der Waals surface area (Å²) in [5.74, 6) is 0.824. The quantitative estimate of drug-likeness (QED) is 0.362. The Bertz CT molecular complexity index is 1510. The molecule has 162 valence electrons. The van der Waals surface area contributed by atoms with Crippen LogP contribution in [0.1, 0.15) is 27.0 Å². The average molecular weight is 442 g/mol. The Balaban J connectivity index is 1.74. The number of aliphatic hydroxyl groups is 1. The lowest BCUT2D eigenvalue weighted by Gasteiger charge is -2.35. The molecule has 0 saturated carbocycles. The van der Waals surface area contributed by atoms with E-state index in [0.717, 1.165) is 4.90 Å². The number of fused-ring (bicyclic) bond motifs is 2. The van der Waals surface area contributed by atoms with Crippen molar-refractivity contribution in [3.05, 3.63) is 88.7 Å². The number of terminal acetylenes is 1.